The lowest BCUT2D eigenvalue weighted by Gasteiger charge is -2.30. The molecule has 0 bridgehead atoms. The van der Waals surface area contributed by atoms with Crippen LogP contribution in [0.1, 0.15) is 316 Å². The van der Waals surface area contributed by atoms with Gasteiger partial charge in [-0.25, -0.2) is 0 Å². The number of esters is 1. The summed E-state index contributed by atoms with van der Waals surface area (Å²) in [5.74, 6) is -0.583. The molecule has 0 aromatic carbocycles. The van der Waals surface area contributed by atoms with Gasteiger partial charge in [0.1, 0.15) is 19.3 Å². The molecule has 0 aliphatic heterocycles. The Kier molecular flexibility index (Phi) is 60.1. The second-order valence-electron chi connectivity index (χ2n) is 24.7. The van der Waals surface area contributed by atoms with Gasteiger partial charge in [0.2, 0.25) is 5.91 Å². The van der Waals surface area contributed by atoms with Crippen LogP contribution in [0.3, 0.4) is 0 Å². The van der Waals surface area contributed by atoms with Crippen LogP contribution in [-0.4, -0.2) is 69.4 Å². The van der Waals surface area contributed by atoms with E-state index in [1.807, 2.05) is 33.3 Å². The highest BCUT2D eigenvalue weighted by atomic mass is 31.2. The van der Waals surface area contributed by atoms with Crippen molar-refractivity contribution >= 4 is 19.7 Å². The number of unbranched alkanes of at least 4 members (excludes halogenated alkanes) is 35. The number of nitrogens with zero attached hydrogens (tertiary/aromatic N) is 1. The molecule has 0 heterocycles. The van der Waals surface area contributed by atoms with E-state index in [-0.39, 0.29) is 24.9 Å². The van der Waals surface area contributed by atoms with Crippen molar-refractivity contribution in [3.63, 3.8) is 0 Å². The highest BCUT2D eigenvalue weighted by Gasteiger charge is 2.27. The van der Waals surface area contributed by atoms with Crippen LogP contribution in [-0.2, 0) is 27.9 Å². The number of phosphoric ester groups is 1. The fourth-order valence-corrected chi connectivity index (χ4v) is 10.7. The SMILES string of the molecule is CC/C=C\C/C=C\C/C=C\C/C=C\C/C=C\C/C=C\CCCCC(=O)OC(/C=C/CCCCCCCCCCCCC)C(COP(=O)([O-])OCC[N+](C)(C)C)NC(=O)CCCCCCCCCCCCCCCCCCCCCCCCC. The Bertz CT molecular complexity index is 1700. The van der Waals surface area contributed by atoms with Gasteiger partial charge in [0.05, 0.1) is 33.8 Å². The Hall–Kier alpha value is -2.81. The molecule has 0 aromatic rings. The number of hydrogen-bond donors (Lipinski definition) is 1. The molecule has 3 atom stereocenters. The highest BCUT2D eigenvalue weighted by molar-refractivity contribution is 7.45. The molecule has 0 saturated heterocycles. The van der Waals surface area contributed by atoms with Crippen LogP contribution < -0.4 is 10.2 Å². The standard InChI is InChI=1S/C73H133N2O7P/c1-7-10-13-16-19-22-25-28-30-32-34-36-37-39-40-42-44-47-50-53-56-59-62-65-72(76)74-70(69-81-83(78,79)80-68-67-75(4,5)6)71(64-61-58-55-52-49-46-27-24-21-18-15-12-9-3)82-73(77)66-63-60-57-54-51-48-45-43-41-38-35-33-31-29-26-23-20-17-14-11-8-2/h11,14,20,23,29,31,35,38,43,45,51,54,61,64,70-71H,7-10,12-13,15-19,21-22,24-28,30,32-34,36-37,39-42,44,46-50,52-53,55-60,62-63,65-69H2,1-6H3,(H-,74,76,78,79)/b14-11-,23-20-,31-29-,38-35-,45-43-,54-51-,64-61+. The number of amides is 1. The zero-order valence-corrected chi connectivity index (χ0v) is 56.0. The van der Waals surface area contributed by atoms with E-state index >= 15 is 0 Å². The van der Waals surface area contributed by atoms with Gasteiger partial charge in [-0.1, -0.05) is 305 Å². The van der Waals surface area contributed by atoms with E-state index in [1.54, 1.807) is 0 Å². The van der Waals surface area contributed by atoms with Crippen LogP contribution in [0.15, 0.2) is 85.1 Å². The van der Waals surface area contributed by atoms with Crippen molar-refractivity contribution in [2.45, 2.75) is 328 Å². The van der Waals surface area contributed by atoms with Gasteiger partial charge in [-0.15, -0.1) is 0 Å². The Morgan fingerprint density at radius 3 is 1.17 bits per heavy atom. The van der Waals surface area contributed by atoms with Crippen molar-refractivity contribution in [3.8, 4) is 0 Å². The molecule has 10 heteroatoms. The summed E-state index contributed by atoms with van der Waals surface area (Å²) in [6.07, 6.45) is 82.8. The monoisotopic (exact) mass is 1180 g/mol. The molecule has 482 valence electrons. The van der Waals surface area contributed by atoms with E-state index in [2.05, 4.69) is 99.0 Å². The molecule has 0 aliphatic carbocycles. The van der Waals surface area contributed by atoms with Crippen LogP contribution in [0.25, 0.3) is 0 Å². The molecule has 0 aliphatic rings. The molecule has 83 heavy (non-hydrogen) atoms. The predicted octanol–water partition coefficient (Wildman–Crippen LogP) is 21.5. The van der Waals surface area contributed by atoms with E-state index in [0.717, 1.165) is 89.9 Å². The number of carbonyl (C=O) groups excluding carboxylic acids is 2. The first-order valence-corrected chi connectivity index (χ1v) is 36.4. The number of allylic oxidation sites excluding steroid dienone is 13. The summed E-state index contributed by atoms with van der Waals surface area (Å²) >= 11 is 0. The summed E-state index contributed by atoms with van der Waals surface area (Å²) in [6, 6.07) is -0.910. The van der Waals surface area contributed by atoms with E-state index in [4.69, 9.17) is 13.8 Å². The molecule has 0 spiro atoms. The number of ether oxygens (including phenoxy) is 1. The minimum Gasteiger partial charge on any atom is -0.756 e. The van der Waals surface area contributed by atoms with Crippen molar-refractivity contribution in [1.82, 2.24) is 5.32 Å². The molecule has 3 unspecified atom stereocenters. The second-order valence-corrected chi connectivity index (χ2v) is 26.1. The maximum Gasteiger partial charge on any atom is 0.306 e. The van der Waals surface area contributed by atoms with Gasteiger partial charge in [0.25, 0.3) is 7.82 Å². The maximum atomic E-state index is 13.6. The Balaban J connectivity index is 5.20. The van der Waals surface area contributed by atoms with Crippen LogP contribution >= 0.6 is 7.82 Å². The van der Waals surface area contributed by atoms with Gasteiger partial charge in [0, 0.05) is 12.8 Å². The van der Waals surface area contributed by atoms with Gasteiger partial charge >= 0.3 is 5.97 Å². The molecule has 0 saturated carbocycles. The third-order valence-electron chi connectivity index (χ3n) is 15.3. The predicted molar refractivity (Wildman–Crippen MR) is 358 cm³/mol. The van der Waals surface area contributed by atoms with Gasteiger partial charge in [0.15, 0.2) is 0 Å². The van der Waals surface area contributed by atoms with Crippen molar-refractivity contribution in [3.05, 3.63) is 85.1 Å². The van der Waals surface area contributed by atoms with E-state index in [9.17, 15) is 19.0 Å². The number of carbonyl (C=O) groups is 2. The van der Waals surface area contributed by atoms with Gasteiger partial charge in [-0.3, -0.25) is 14.2 Å². The lowest BCUT2D eigenvalue weighted by molar-refractivity contribution is -0.870. The molecule has 0 radical (unpaired) electrons. The zero-order valence-electron chi connectivity index (χ0n) is 55.1. The fourth-order valence-electron chi connectivity index (χ4n) is 10.00. The molecule has 1 amide bonds. The molecule has 1 N–H and O–H groups in total. The summed E-state index contributed by atoms with van der Waals surface area (Å²) in [6.45, 7) is 6.74. The molecular weight excluding hydrogens is 1050 g/mol. The maximum absolute atomic E-state index is 13.6. The van der Waals surface area contributed by atoms with Crippen molar-refractivity contribution in [1.29, 1.82) is 0 Å². The third-order valence-corrected chi connectivity index (χ3v) is 16.3. The lowest BCUT2D eigenvalue weighted by Crippen LogP contribution is -2.47. The van der Waals surface area contributed by atoms with E-state index < -0.39 is 26.6 Å². The van der Waals surface area contributed by atoms with Crippen molar-refractivity contribution in [2.75, 3.05) is 40.9 Å². The van der Waals surface area contributed by atoms with Crippen LogP contribution in [0.5, 0.6) is 0 Å². The van der Waals surface area contributed by atoms with E-state index in [0.29, 0.717) is 23.9 Å². The Morgan fingerprint density at radius 1 is 0.434 bits per heavy atom. The average Bonchev–Trinajstić information content (AvgIpc) is 3.47. The summed E-state index contributed by atoms with van der Waals surface area (Å²) in [4.78, 5) is 40.2. The van der Waals surface area contributed by atoms with Crippen LogP contribution in [0.4, 0.5) is 0 Å². The number of hydrogen-bond acceptors (Lipinski definition) is 7. The first-order chi connectivity index (χ1) is 40.4. The Morgan fingerprint density at radius 2 is 0.771 bits per heavy atom. The van der Waals surface area contributed by atoms with Crippen molar-refractivity contribution in [2.24, 2.45) is 0 Å². The van der Waals surface area contributed by atoms with Crippen LogP contribution in [0.2, 0.25) is 0 Å². The average molecular weight is 1180 g/mol. The fraction of sp³-hybridized carbons (Fsp3) is 0.781. The molecular formula is C73H133N2O7P. The number of likely N-dealkylation sites (N-methyl/N-ethyl adjacent to an activating group) is 1. The number of nitrogens with one attached hydrogen (secondary N) is 1. The first-order valence-electron chi connectivity index (χ1n) is 34.9. The number of quaternary nitrogens is 1. The minimum atomic E-state index is -4.72. The summed E-state index contributed by atoms with van der Waals surface area (Å²) in [7, 11) is 1.16. The normalized spacial score (nSPS) is 14.1. The minimum absolute atomic E-state index is 0.0311. The topological polar surface area (TPSA) is 114 Å². The summed E-state index contributed by atoms with van der Waals surface area (Å²) in [5, 5.41) is 3.03. The highest BCUT2D eigenvalue weighted by Crippen LogP contribution is 2.38. The zero-order chi connectivity index (χ0) is 60.7. The molecule has 0 aromatic heterocycles. The van der Waals surface area contributed by atoms with E-state index in [1.165, 1.54) is 186 Å². The largest absolute Gasteiger partial charge is 0.756 e. The Labute approximate surface area is 514 Å². The summed E-state index contributed by atoms with van der Waals surface area (Å²) < 4.78 is 30.4. The quantitative estimate of drug-likeness (QED) is 0.0212. The molecule has 0 fully saturated rings. The molecule has 9 nitrogen and oxygen atoms in total. The van der Waals surface area contributed by atoms with Crippen LogP contribution in [0, 0.1) is 0 Å². The number of phosphoric acid groups is 1. The van der Waals surface area contributed by atoms with Crippen molar-refractivity contribution < 1.29 is 37.3 Å². The van der Waals surface area contributed by atoms with Gasteiger partial charge in [-0.2, -0.15) is 0 Å². The van der Waals surface area contributed by atoms with Gasteiger partial charge in [-0.05, 0) is 83.1 Å². The third kappa shape index (κ3) is 63.5. The number of rotatable bonds is 63. The first kappa shape index (κ1) is 80.2. The second kappa shape index (κ2) is 62.2. The molecule has 0 rings (SSSR count). The smallest absolute Gasteiger partial charge is 0.306 e. The summed E-state index contributed by atoms with van der Waals surface area (Å²) in [5.41, 5.74) is 0. The lowest BCUT2D eigenvalue weighted by atomic mass is 10.0. The van der Waals surface area contributed by atoms with Gasteiger partial charge < -0.3 is 28.5 Å².